The molecule has 2 nitrogen and oxygen atoms in total. The van der Waals surface area contributed by atoms with Gasteiger partial charge in [0.2, 0.25) is 0 Å². The number of aromatic nitrogens is 2. The summed E-state index contributed by atoms with van der Waals surface area (Å²) in [6.07, 6.45) is 5.99. The van der Waals surface area contributed by atoms with Crippen molar-refractivity contribution in [2.45, 2.75) is 6.54 Å². The molecule has 0 unspecified atom stereocenters. The van der Waals surface area contributed by atoms with Crippen LogP contribution in [0.15, 0.2) is 49.3 Å². The molecule has 0 amide bonds. The van der Waals surface area contributed by atoms with E-state index in [4.69, 9.17) is 0 Å². The summed E-state index contributed by atoms with van der Waals surface area (Å²) < 4.78 is 4.25. The Balaban J connectivity index is 2.28. The predicted molar refractivity (Wildman–Crippen MR) is 61.2 cm³/mol. The van der Waals surface area contributed by atoms with Gasteiger partial charge in [0.1, 0.15) is 18.9 Å². The molecule has 15 heavy (non-hydrogen) atoms. The SMILES string of the molecule is C=Cc1n(C)cc[n+]1Cc1ccccc1. The van der Waals surface area contributed by atoms with Gasteiger partial charge in [-0.1, -0.05) is 36.9 Å². The van der Waals surface area contributed by atoms with Gasteiger partial charge in [0, 0.05) is 6.08 Å². The Hall–Kier alpha value is -1.83. The van der Waals surface area contributed by atoms with Gasteiger partial charge >= 0.3 is 0 Å². The fourth-order valence-corrected chi connectivity index (χ4v) is 1.71. The number of imidazole rings is 1. The number of benzene rings is 1. The number of nitrogens with zero attached hydrogens (tertiary/aromatic N) is 2. The summed E-state index contributed by atoms with van der Waals surface area (Å²) in [6, 6.07) is 10.4. The van der Waals surface area contributed by atoms with Crippen LogP contribution in [-0.4, -0.2) is 4.57 Å². The van der Waals surface area contributed by atoms with Crippen LogP contribution in [0.25, 0.3) is 6.08 Å². The zero-order valence-corrected chi connectivity index (χ0v) is 8.93. The highest BCUT2D eigenvalue weighted by Crippen LogP contribution is 2.00. The van der Waals surface area contributed by atoms with Crippen LogP contribution >= 0.6 is 0 Å². The summed E-state index contributed by atoms with van der Waals surface area (Å²) in [6.45, 7) is 4.72. The van der Waals surface area contributed by atoms with Gasteiger partial charge in [-0.2, -0.15) is 0 Å². The normalized spacial score (nSPS) is 10.2. The van der Waals surface area contributed by atoms with Crippen LogP contribution in [0.4, 0.5) is 0 Å². The number of hydrogen-bond donors (Lipinski definition) is 0. The molecular weight excluding hydrogens is 184 g/mol. The second-order valence-electron chi connectivity index (χ2n) is 3.58. The fourth-order valence-electron chi connectivity index (χ4n) is 1.71. The second-order valence-corrected chi connectivity index (χ2v) is 3.58. The zero-order valence-electron chi connectivity index (χ0n) is 8.93. The highest BCUT2D eigenvalue weighted by Gasteiger charge is 2.10. The molecule has 0 aliphatic rings. The molecule has 1 aromatic heterocycles. The van der Waals surface area contributed by atoms with Crippen LogP contribution in [0.5, 0.6) is 0 Å². The summed E-state index contributed by atoms with van der Waals surface area (Å²) in [5, 5.41) is 0. The minimum absolute atomic E-state index is 0.892. The quantitative estimate of drug-likeness (QED) is 0.669. The first-order valence-electron chi connectivity index (χ1n) is 5.02. The monoisotopic (exact) mass is 199 g/mol. The Morgan fingerprint density at radius 1 is 1.33 bits per heavy atom. The van der Waals surface area contributed by atoms with Gasteiger partial charge in [0.25, 0.3) is 5.82 Å². The lowest BCUT2D eigenvalue weighted by Gasteiger charge is -1.99. The molecule has 76 valence electrons. The zero-order chi connectivity index (χ0) is 10.7. The Morgan fingerprint density at radius 2 is 2.07 bits per heavy atom. The molecule has 0 fully saturated rings. The van der Waals surface area contributed by atoms with E-state index in [1.165, 1.54) is 5.56 Å². The van der Waals surface area contributed by atoms with Gasteiger partial charge in [-0.15, -0.1) is 0 Å². The van der Waals surface area contributed by atoms with E-state index in [0.29, 0.717) is 0 Å². The molecule has 0 aliphatic heterocycles. The van der Waals surface area contributed by atoms with Crippen molar-refractivity contribution in [3.8, 4) is 0 Å². The molecule has 0 radical (unpaired) electrons. The standard InChI is InChI=1S/C13H15N2/c1-3-13-14(2)9-10-15(13)11-12-7-5-4-6-8-12/h3-10H,1,11H2,2H3/q+1. The summed E-state index contributed by atoms with van der Waals surface area (Å²) in [5.74, 6) is 1.12. The van der Waals surface area contributed by atoms with Crippen molar-refractivity contribution in [1.29, 1.82) is 0 Å². The Labute approximate surface area is 90.1 Å². The average molecular weight is 199 g/mol. The first-order valence-corrected chi connectivity index (χ1v) is 5.02. The maximum atomic E-state index is 3.82. The summed E-state index contributed by atoms with van der Waals surface area (Å²) in [7, 11) is 2.03. The maximum absolute atomic E-state index is 3.82. The summed E-state index contributed by atoms with van der Waals surface area (Å²) >= 11 is 0. The van der Waals surface area contributed by atoms with E-state index in [1.807, 2.05) is 25.4 Å². The van der Waals surface area contributed by atoms with Crippen LogP contribution in [0.1, 0.15) is 11.4 Å². The van der Waals surface area contributed by atoms with E-state index in [1.54, 1.807) is 0 Å². The summed E-state index contributed by atoms with van der Waals surface area (Å²) in [4.78, 5) is 0. The molecule has 2 rings (SSSR count). The van der Waals surface area contributed by atoms with Crippen LogP contribution < -0.4 is 4.57 Å². The van der Waals surface area contributed by atoms with E-state index in [2.05, 4.69) is 46.2 Å². The molecule has 1 heterocycles. The van der Waals surface area contributed by atoms with E-state index < -0.39 is 0 Å². The number of rotatable bonds is 3. The Bertz CT molecular complexity index is 455. The van der Waals surface area contributed by atoms with Crippen molar-refractivity contribution in [2.24, 2.45) is 7.05 Å². The highest BCUT2D eigenvalue weighted by molar-refractivity contribution is 5.32. The third kappa shape index (κ3) is 1.99. The van der Waals surface area contributed by atoms with Crippen LogP contribution in [0.3, 0.4) is 0 Å². The molecule has 0 aliphatic carbocycles. The van der Waals surface area contributed by atoms with Gasteiger partial charge in [-0.05, 0) is 5.56 Å². The van der Waals surface area contributed by atoms with Crippen LogP contribution in [0.2, 0.25) is 0 Å². The Morgan fingerprint density at radius 3 is 2.73 bits per heavy atom. The largest absolute Gasteiger partial charge is 0.280 e. The lowest BCUT2D eigenvalue weighted by atomic mass is 10.2. The van der Waals surface area contributed by atoms with Gasteiger partial charge in [0.15, 0.2) is 0 Å². The molecule has 0 atom stereocenters. The molecule has 0 bridgehead atoms. The highest BCUT2D eigenvalue weighted by atomic mass is 15.1. The third-order valence-electron chi connectivity index (χ3n) is 2.50. The Kier molecular flexibility index (Phi) is 2.68. The number of hydrogen-bond acceptors (Lipinski definition) is 0. The first-order chi connectivity index (χ1) is 7.31. The van der Waals surface area contributed by atoms with Crippen molar-refractivity contribution in [3.05, 3.63) is 60.7 Å². The maximum Gasteiger partial charge on any atom is 0.280 e. The molecule has 2 aromatic rings. The molecule has 0 spiro atoms. The summed E-state index contributed by atoms with van der Waals surface area (Å²) in [5.41, 5.74) is 1.30. The molecule has 0 saturated carbocycles. The topological polar surface area (TPSA) is 8.81 Å². The van der Waals surface area contributed by atoms with Crippen molar-refractivity contribution in [2.75, 3.05) is 0 Å². The average Bonchev–Trinajstić information content (AvgIpc) is 2.61. The van der Waals surface area contributed by atoms with Crippen LogP contribution in [0, 0.1) is 0 Å². The lowest BCUT2D eigenvalue weighted by Crippen LogP contribution is -2.35. The second kappa shape index (κ2) is 4.13. The molecular formula is C13H15N2+. The van der Waals surface area contributed by atoms with Crippen molar-refractivity contribution in [1.82, 2.24) is 4.57 Å². The lowest BCUT2D eigenvalue weighted by molar-refractivity contribution is -0.689. The smallest absolute Gasteiger partial charge is 0.233 e. The van der Waals surface area contributed by atoms with E-state index in [0.717, 1.165) is 12.4 Å². The molecule has 2 heteroatoms. The fraction of sp³-hybridized carbons (Fsp3) is 0.154. The van der Waals surface area contributed by atoms with Crippen molar-refractivity contribution >= 4 is 6.08 Å². The van der Waals surface area contributed by atoms with Crippen LogP contribution in [-0.2, 0) is 13.6 Å². The molecule has 0 saturated heterocycles. The molecule has 0 N–H and O–H groups in total. The van der Waals surface area contributed by atoms with E-state index in [9.17, 15) is 0 Å². The van der Waals surface area contributed by atoms with E-state index in [-0.39, 0.29) is 0 Å². The van der Waals surface area contributed by atoms with Gasteiger partial charge < -0.3 is 0 Å². The first kappa shape index (κ1) is 9.71. The van der Waals surface area contributed by atoms with Gasteiger partial charge in [0.05, 0.1) is 7.05 Å². The minimum Gasteiger partial charge on any atom is -0.233 e. The predicted octanol–water partition coefficient (Wildman–Crippen LogP) is 2.00. The third-order valence-corrected chi connectivity index (χ3v) is 2.50. The van der Waals surface area contributed by atoms with Crippen molar-refractivity contribution < 1.29 is 4.57 Å². The van der Waals surface area contributed by atoms with E-state index >= 15 is 0 Å². The molecule has 1 aromatic carbocycles. The number of aryl methyl sites for hydroxylation is 1. The van der Waals surface area contributed by atoms with Gasteiger partial charge in [-0.3, -0.25) is 0 Å². The minimum atomic E-state index is 0.892. The van der Waals surface area contributed by atoms with Crippen molar-refractivity contribution in [3.63, 3.8) is 0 Å². The van der Waals surface area contributed by atoms with Gasteiger partial charge in [-0.25, -0.2) is 9.13 Å².